The minimum absolute atomic E-state index is 0.328. The van der Waals surface area contributed by atoms with Crippen molar-refractivity contribution in [1.82, 2.24) is 4.90 Å². The highest BCUT2D eigenvalue weighted by Crippen LogP contribution is 2.22. The van der Waals surface area contributed by atoms with E-state index in [0.29, 0.717) is 5.57 Å². The fraction of sp³-hybridized carbons (Fsp3) is 0.733. The standard InChI is InChI=1S/C15H25NO5/c1-7-8-15(4,5)21-20-14(19-6)11(3)16-12(17)9-10(2)13(16)18/h9,11,14H,7-8H2,1-6H3. The largest absolute Gasteiger partial charge is 0.351 e. The number of hydrogen-bond donors (Lipinski definition) is 0. The third-order valence-electron chi connectivity index (χ3n) is 3.39. The molecule has 120 valence electrons. The molecule has 1 aliphatic heterocycles. The van der Waals surface area contributed by atoms with Gasteiger partial charge in [-0.2, -0.15) is 0 Å². The minimum atomic E-state index is -0.840. The van der Waals surface area contributed by atoms with E-state index in [4.69, 9.17) is 14.5 Å². The molecule has 2 amide bonds. The second kappa shape index (κ2) is 7.15. The maximum Gasteiger partial charge on any atom is 0.256 e. The van der Waals surface area contributed by atoms with E-state index >= 15 is 0 Å². The van der Waals surface area contributed by atoms with Gasteiger partial charge in [0.2, 0.25) is 6.29 Å². The fourth-order valence-electron chi connectivity index (χ4n) is 2.25. The molecular formula is C15H25NO5. The van der Waals surface area contributed by atoms with Crippen molar-refractivity contribution >= 4 is 11.8 Å². The van der Waals surface area contributed by atoms with Crippen molar-refractivity contribution in [3.8, 4) is 0 Å². The molecule has 0 spiro atoms. The van der Waals surface area contributed by atoms with E-state index in [2.05, 4.69) is 6.92 Å². The quantitative estimate of drug-likeness (QED) is 0.297. The van der Waals surface area contributed by atoms with Gasteiger partial charge in [-0.15, -0.1) is 0 Å². The molecule has 21 heavy (non-hydrogen) atoms. The Morgan fingerprint density at radius 2 is 1.95 bits per heavy atom. The topological polar surface area (TPSA) is 65.1 Å². The van der Waals surface area contributed by atoms with Gasteiger partial charge in [-0.1, -0.05) is 13.3 Å². The van der Waals surface area contributed by atoms with Gasteiger partial charge in [-0.3, -0.25) is 14.5 Å². The normalized spacial score (nSPS) is 19.0. The van der Waals surface area contributed by atoms with Crippen LogP contribution in [0.2, 0.25) is 0 Å². The van der Waals surface area contributed by atoms with Gasteiger partial charge >= 0.3 is 0 Å². The Morgan fingerprint density at radius 3 is 2.38 bits per heavy atom. The summed E-state index contributed by atoms with van der Waals surface area (Å²) >= 11 is 0. The molecule has 2 unspecified atom stereocenters. The summed E-state index contributed by atoms with van der Waals surface area (Å²) in [4.78, 5) is 35.7. The van der Waals surface area contributed by atoms with E-state index in [0.717, 1.165) is 17.7 Å². The molecule has 0 aromatic rings. The Hall–Kier alpha value is -1.24. The molecule has 0 aromatic heterocycles. The van der Waals surface area contributed by atoms with Crippen LogP contribution in [-0.2, 0) is 24.1 Å². The third-order valence-corrected chi connectivity index (χ3v) is 3.39. The van der Waals surface area contributed by atoms with E-state index in [1.54, 1.807) is 13.8 Å². The van der Waals surface area contributed by atoms with Crippen LogP contribution >= 0.6 is 0 Å². The summed E-state index contributed by atoms with van der Waals surface area (Å²) in [5, 5.41) is 0. The third kappa shape index (κ3) is 4.36. The first-order valence-electron chi connectivity index (χ1n) is 7.16. The first kappa shape index (κ1) is 17.8. The molecule has 0 radical (unpaired) electrons. The van der Waals surface area contributed by atoms with Crippen LogP contribution in [-0.4, -0.2) is 41.8 Å². The summed E-state index contributed by atoms with van der Waals surface area (Å²) in [6.45, 7) is 9.16. The van der Waals surface area contributed by atoms with E-state index in [1.807, 2.05) is 13.8 Å². The first-order valence-corrected chi connectivity index (χ1v) is 7.16. The molecule has 0 fully saturated rings. The average Bonchev–Trinajstić information content (AvgIpc) is 2.63. The predicted molar refractivity (Wildman–Crippen MR) is 77.0 cm³/mol. The number of amides is 2. The van der Waals surface area contributed by atoms with Crippen LogP contribution in [0.3, 0.4) is 0 Å². The lowest BCUT2D eigenvalue weighted by atomic mass is 10.0. The lowest BCUT2D eigenvalue weighted by Gasteiger charge is -2.31. The summed E-state index contributed by atoms with van der Waals surface area (Å²) in [5.41, 5.74) is -0.0488. The fourth-order valence-corrected chi connectivity index (χ4v) is 2.25. The van der Waals surface area contributed by atoms with Crippen LogP contribution < -0.4 is 0 Å². The van der Waals surface area contributed by atoms with E-state index in [9.17, 15) is 9.59 Å². The van der Waals surface area contributed by atoms with Crippen molar-refractivity contribution < 1.29 is 24.1 Å². The van der Waals surface area contributed by atoms with Gasteiger partial charge < -0.3 is 4.74 Å². The minimum Gasteiger partial charge on any atom is -0.351 e. The Kier molecular flexibility index (Phi) is 6.07. The summed E-state index contributed by atoms with van der Waals surface area (Å²) in [6, 6.07) is -0.582. The van der Waals surface area contributed by atoms with Crippen LogP contribution in [0.25, 0.3) is 0 Å². The molecule has 2 atom stereocenters. The zero-order valence-corrected chi connectivity index (χ0v) is 13.6. The number of methoxy groups -OCH3 is 1. The molecule has 0 N–H and O–H groups in total. The number of hydrogen-bond acceptors (Lipinski definition) is 5. The molecule has 6 nitrogen and oxygen atoms in total. The molecule has 0 saturated heterocycles. The molecule has 0 bridgehead atoms. The van der Waals surface area contributed by atoms with Crippen molar-refractivity contribution in [2.75, 3.05) is 7.11 Å². The second-order valence-corrected chi connectivity index (χ2v) is 5.87. The zero-order valence-electron chi connectivity index (χ0n) is 13.6. The molecular weight excluding hydrogens is 274 g/mol. The van der Waals surface area contributed by atoms with Crippen LogP contribution in [0.15, 0.2) is 11.6 Å². The summed E-state index contributed by atoms with van der Waals surface area (Å²) in [7, 11) is 1.45. The van der Waals surface area contributed by atoms with Gasteiger partial charge in [-0.05, 0) is 34.1 Å². The van der Waals surface area contributed by atoms with E-state index in [-0.39, 0.29) is 11.8 Å². The summed E-state index contributed by atoms with van der Waals surface area (Å²) in [6.07, 6.45) is 2.25. The number of rotatable bonds is 8. The van der Waals surface area contributed by atoms with Gasteiger partial charge in [0.05, 0.1) is 11.6 Å². The van der Waals surface area contributed by atoms with Crippen LogP contribution in [0.4, 0.5) is 0 Å². The monoisotopic (exact) mass is 299 g/mol. The smallest absolute Gasteiger partial charge is 0.256 e. The molecule has 0 aliphatic carbocycles. The Balaban J connectivity index is 2.68. The lowest BCUT2D eigenvalue weighted by molar-refractivity contribution is -0.422. The number of nitrogens with zero attached hydrogens (tertiary/aromatic N) is 1. The van der Waals surface area contributed by atoms with Gasteiger partial charge in [0.15, 0.2) is 0 Å². The van der Waals surface area contributed by atoms with Crippen molar-refractivity contribution in [1.29, 1.82) is 0 Å². The SMILES string of the molecule is CCCC(C)(C)OOC(OC)C(C)N1C(=O)C=C(C)C1=O. The maximum atomic E-state index is 12.0. The second-order valence-electron chi connectivity index (χ2n) is 5.87. The predicted octanol–water partition coefficient (Wildman–Crippen LogP) is 2.19. The number of ether oxygens (including phenoxy) is 1. The average molecular weight is 299 g/mol. The summed E-state index contributed by atoms with van der Waals surface area (Å²) < 4.78 is 5.21. The summed E-state index contributed by atoms with van der Waals surface area (Å²) in [5.74, 6) is -0.686. The Labute approximate surface area is 126 Å². The van der Waals surface area contributed by atoms with Crippen molar-refractivity contribution in [3.63, 3.8) is 0 Å². The Morgan fingerprint density at radius 1 is 1.33 bits per heavy atom. The molecule has 0 saturated carbocycles. The van der Waals surface area contributed by atoms with Crippen molar-refractivity contribution in [3.05, 3.63) is 11.6 Å². The molecule has 6 heteroatoms. The lowest BCUT2D eigenvalue weighted by Crippen LogP contribution is -2.48. The van der Waals surface area contributed by atoms with Crippen LogP contribution in [0, 0.1) is 0 Å². The van der Waals surface area contributed by atoms with Crippen LogP contribution in [0.1, 0.15) is 47.5 Å². The van der Waals surface area contributed by atoms with Gasteiger partial charge in [0, 0.05) is 18.8 Å². The molecule has 1 aliphatic rings. The zero-order chi connectivity index (χ0) is 16.2. The van der Waals surface area contributed by atoms with Gasteiger partial charge in [-0.25, -0.2) is 9.78 Å². The highest BCUT2D eigenvalue weighted by molar-refractivity contribution is 6.16. The van der Waals surface area contributed by atoms with Gasteiger partial charge in [0.1, 0.15) is 0 Å². The maximum absolute atomic E-state index is 12.0. The Bertz CT molecular complexity index is 430. The first-order chi connectivity index (χ1) is 9.73. The van der Waals surface area contributed by atoms with Crippen molar-refractivity contribution in [2.45, 2.75) is 65.4 Å². The number of carbonyl (C=O) groups is 2. The molecule has 1 rings (SSSR count). The number of imide groups is 1. The molecule has 1 heterocycles. The molecule has 0 aromatic carbocycles. The number of carbonyl (C=O) groups excluding carboxylic acids is 2. The van der Waals surface area contributed by atoms with E-state index < -0.39 is 17.9 Å². The van der Waals surface area contributed by atoms with Crippen LogP contribution in [0.5, 0.6) is 0 Å². The van der Waals surface area contributed by atoms with Crippen molar-refractivity contribution in [2.24, 2.45) is 0 Å². The van der Waals surface area contributed by atoms with E-state index in [1.165, 1.54) is 13.2 Å². The highest BCUT2D eigenvalue weighted by atomic mass is 17.2. The van der Waals surface area contributed by atoms with Gasteiger partial charge in [0.25, 0.3) is 11.8 Å². The highest BCUT2D eigenvalue weighted by Gasteiger charge is 2.38.